The fraction of sp³-hybridized carbons (Fsp3) is 0.625. The number of hydrogen-bond donors (Lipinski definition) is 1. The molecule has 1 aliphatic heterocycles. The van der Waals surface area contributed by atoms with E-state index in [0.29, 0.717) is 12.1 Å². The lowest BCUT2D eigenvalue weighted by molar-refractivity contribution is 0.0949. The molecule has 1 N–H and O–H groups in total. The molecule has 5 nitrogen and oxygen atoms in total. The summed E-state index contributed by atoms with van der Waals surface area (Å²) < 4.78 is 0. The number of amides is 1. The van der Waals surface area contributed by atoms with Crippen LogP contribution in [0.3, 0.4) is 0 Å². The molecule has 0 saturated carbocycles. The summed E-state index contributed by atoms with van der Waals surface area (Å²) in [5, 5.41) is 2.99. The summed E-state index contributed by atoms with van der Waals surface area (Å²) in [5.41, 5.74) is 0.700. The number of rotatable bonds is 7. The average molecular weight is 290 g/mol. The van der Waals surface area contributed by atoms with E-state index in [2.05, 4.69) is 33.9 Å². The lowest BCUT2D eigenvalue weighted by Crippen LogP contribution is -2.34. The van der Waals surface area contributed by atoms with Crippen LogP contribution < -0.4 is 10.2 Å². The van der Waals surface area contributed by atoms with Gasteiger partial charge in [0.1, 0.15) is 5.82 Å². The summed E-state index contributed by atoms with van der Waals surface area (Å²) in [5.74, 6) is 0.911. The van der Waals surface area contributed by atoms with Gasteiger partial charge in [-0.25, -0.2) is 4.98 Å². The van der Waals surface area contributed by atoms with Crippen molar-refractivity contribution in [3.05, 3.63) is 23.9 Å². The van der Waals surface area contributed by atoms with Gasteiger partial charge in [-0.15, -0.1) is 0 Å². The SMILES string of the molecule is CCN(CC)CCNC(=O)c1ccnc(N2CCCC2)c1. The Morgan fingerprint density at radius 3 is 2.71 bits per heavy atom. The third kappa shape index (κ3) is 4.43. The zero-order valence-electron chi connectivity index (χ0n) is 13.1. The van der Waals surface area contributed by atoms with Crippen molar-refractivity contribution in [2.24, 2.45) is 0 Å². The highest BCUT2D eigenvalue weighted by molar-refractivity contribution is 5.94. The number of hydrogen-bond acceptors (Lipinski definition) is 4. The van der Waals surface area contributed by atoms with Crippen LogP contribution in [-0.2, 0) is 0 Å². The smallest absolute Gasteiger partial charge is 0.251 e. The number of anilines is 1. The first-order chi connectivity index (χ1) is 10.2. The van der Waals surface area contributed by atoms with E-state index in [-0.39, 0.29) is 5.91 Å². The lowest BCUT2D eigenvalue weighted by Gasteiger charge is -2.18. The normalized spacial score (nSPS) is 14.7. The third-order valence-corrected chi connectivity index (χ3v) is 4.05. The molecule has 116 valence electrons. The first-order valence-electron chi connectivity index (χ1n) is 7.96. The number of pyridine rings is 1. The van der Waals surface area contributed by atoms with Gasteiger partial charge in [0.05, 0.1) is 0 Å². The Bertz CT molecular complexity index is 453. The first-order valence-corrected chi connectivity index (χ1v) is 7.96. The predicted octanol–water partition coefficient (Wildman–Crippen LogP) is 1.75. The highest BCUT2D eigenvalue weighted by atomic mass is 16.1. The summed E-state index contributed by atoms with van der Waals surface area (Å²) in [6.07, 6.45) is 4.15. The molecular formula is C16H26N4O. The fourth-order valence-electron chi connectivity index (χ4n) is 2.65. The molecule has 1 aromatic rings. The van der Waals surface area contributed by atoms with Gasteiger partial charge < -0.3 is 15.1 Å². The summed E-state index contributed by atoms with van der Waals surface area (Å²) in [4.78, 5) is 21.1. The van der Waals surface area contributed by atoms with E-state index < -0.39 is 0 Å². The van der Waals surface area contributed by atoms with Gasteiger partial charge in [0.25, 0.3) is 5.91 Å². The number of carbonyl (C=O) groups is 1. The molecule has 1 aromatic heterocycles. The van der Waals surface area contributed by atoms with Crippen molar-refractivity contribution in [3.8, 4) is 0 Å². The molecule has 0 spiro atoms. The van der Waals surface area contributed by atoms with Gasteiger partial charge in [-0.05, 0) is 38.1 Å². The molecule has 0 aromatic carbocycles. The predicted molar refractivity (Wildman–Crippen MR) is 85.8 cm³/mol. The number of nitrogens with one attached hydrogen (secondary N) is 1. The van der Waals surface area contributed by atoms with E-state index in [1.165, 1.54) is 12.8 Å². The topological polar surface area (TPSA) is 48.5 Å². The van der Waals surface area contributed by atoms with Crippen molar-refractivity contribution < 1.29 is 4.79 Å². The van der Waals surface area contributed by atoms with Gasteiger partial charge in [0.15, 0.2) is 0 Å². The number of likely N-dealkylation sites (N-methyl/N-ethyl adjacent to an activating group) is 1. The van der Waals surface area contributed by atoms with E-state index in [1.54, 1.807) is 12.3 Å². The second-order valence-corrected chi connectivity index (χ2v) is 5.38. The average Bonchev–Trinajstić information content (AvgIpc) is 3.06. The Morgan fingerprint density at radius 1 is 1.33 bits per heavy atom. The number of aromatic nitrogens is 1. The van der Waals surface area contributed by atoms with Gasteiger partial charge in [-0.1, -0.05) is 13.8 Å². The van der Waals surface area contributed by atoms with Crippen LogP contribution >= 0.6 is 0 Å². The highest BCUT2D eigenvalue weighted by Crippen LogP contribution is 2.18. The minimum Gasteiger partial charge on any atom is -0.357 e. The molecule has 2 heterocycles. The number of nitrogens with zero attached hydrogens (tertiary/aromatic N) is 3. The summed E-state index contributed by atoms with van der Waals surface area (Å²) in [6, 6.07) is 3.68. The van der Waals surface area contributed by atoms with Gasteiger partial charge in [0, 0.05) is 37.9 Å². The zero-order valence-corrected chi connectivity index (χ0v) is 13.1. The van der Waals surface area contributed by atoms with Crippen LogP contribution in [0.5, 0.6) is 0 Å². The zero-order chi connectivity index (χ0) is 15.1. The Morgan fingerprint density at radius 2 is 2.05 bits per heavy atom. The standard InChI is InChI=1S/C16H26N4O/c1-3-19(4-2)12-9-18-16(21)14-7-8-17-15(13-14)20-10-5-6-11-20/h7-8,13H,3-6,9-12H2,1-2H3,(H,18,21). The Kier molecular flexibility index (Phi) is 5.99. The number of carbonyl (C=O) groups excluding carboxylic acids is 1. The molecule has 1 fully saturated rings. The van der Waals surface area contributed by atoms with E-state index in [4.69, 9.17) is 0 Å². The summed E-state index contributed by atoms with van der Waals surface area (Å²) in [6.45, 7) is 9.96. The Hall–Kier alpha value is -1.62. The second-order valence-electron chi connectivity index (χ2n) is 5.38. The van der Waals surface area contributed by atoms with E-state index in [9.17, 15) is 4.79 Å². The Labute approximate surface area is 127 Å². The maximum atomic E-state index is 12.2. The van der Waals surface area contributed by atoms with Crippen molar-refractivity contribution in [2.75, 3.05) is 44.2 Å². The quantitative estimate of drug-likeness (QED) is 0.831. The molecule has 0 unspecified atom stereocenters. The molecule has 1 aliphatic rings. The minimum atomic E-state index is -0.00926. The fourth-order valence-corrected chi connectivity index (χ4v) is 2.65. The molecule has 0 radical (unpaired) electrons. The second kappa shape index (κ2) is 7.98. The summed E-state index contributed by atoms with van der Waals surface area (Å²) in [7, 11) is 0. The molecule has 0 aliphatic carbocycles. The van der Waals surface area contributed by atoms with Crippen molar-refractivity contribution >= 4 is 11.7 Å². The monoisotopic (exact) mass is 290 g/mol. The molecule has 0 bridgehead atoms. The van der Waals surface area contributed by atoms with Gasteiger partial charge >= 0.3 is 0 Å². The van der Waals surface area contributed by atoms with Crippen LogP contribution in [-0.4, -0.2) is 55.1 Å². The molecule has 1 amide bonds. The van der Waals surface area contributed by atoms with Crippen LogP contribution in [0.1, 0.15) is 37.0 Å². The molecule has 2 rings (SSSR count). The van der Waals surface area contributed by atoms with E-state index in [0.717, 1.165) is 38.5 Å². The first kappa shape index (κ1) is 15.8. The van der Waals surface area contributed by atoms with Crippen LogP contribution in [0.25, 0.3) is 0 Å². The van der Waals surface area contributed by atoms with Gasteiger partial charge in [-0.3, -0.25) is 4.79 Å². The third-order valence-electron chi connectivity index (χ3n) is 4.05. The summed E-state index contributed by atoms with van der Waals surface area (Å²) >= 11 is 0. The molecule has 5 heteroatoms. The molecular weight excluding hydrogens is 264 g/mol. The Balaban J connectivity index is 1.88. The van der Waals surface area contributed by atoms with Crippen molar-refractivity contribution in [3.63, 3.8) is 0 Å². The van der Waals surface area contributed by atoms with Gasteiger partial charge in [0.2, 0.25) is 0 Å². The largest absolute Gasteiger partial charge is 0.357 e. The van der Waals surface area contributed by atoms with Crippen molar-refractivity contribution in [1.29, 1.82) is 0 Å². The molecule has 1 saturated heterocycles. The van der Waals surface area contributed by atoms with Crippen LogP contribution in [0, 0.1) is 0 Å². The maximum absolute atomic E-state index is 12.2. The minimum absolute atomic E-state index is 0.00926. The van der Waals surface area contributed by atoms with Crippen LogP contribution in [0.4, 0.5) is 5.82 Å². The highest BCUT2D eigenvalue weighted by Gasteiger charge is 2.15. The van der Waals surface area contributed by atoms with Crippen molar-refractivity contribution in [2.45, 2.75) is 26.7 Å². The van der Waals surface area contributed by atoms with Gasteiger partial charge in [-0.2, -0.15) is 0 Å². The van der Waals surface area contributed by atoms with E-state index >= 15 is 0 Å². The molecule has 21 heavy (non-hydrogen) atoms. The van der Waals surface area contributed by atoms with E-state index in [1.807, 2.05) is 6.07 Å². The maximum Gasteiger partial charge on any atom is 0.251 e. The lowest BCUT2D eigenvalue weighted by atomic mass is 10.2. The molecule has 0 atom stereocenters. The van der Waals surface area contributed by atoms with Crippen molar-refractivity contribution in [1.82, 2.24) is 15.2 Å². The van der Waals surface area contributed by atoms with Crippen LogP contribution in [0.15, 0.2) is 18.3 Å². The van der Waals surface area contributed by atoms with Crippen LogP contribution in [0.2, 0.25) is 0 Å².